The summed E-state index contributed by atoms with van der Waals surface area (Å²) >= 11 is 1.60. The van der Waals surface area contributed by atoms with E-state index in [1.807, 2.05) is 49.6 Å². The van der Waals surface area contributed by atoms with Crippen LogP contribution in [0.4, 0.5) is 0 Å². The topological polar surface area (TPSA) is 44.4 Å². The first-order valence-electron chi connectivity index (χ1n) is 6.76. The second-order valence-electron chi connectivity index (χ2n) is 5.32. The molecule has 1 aromatic rings. The van der Waals surface area contributed by atoms with Crippen molar-refractivity contribution >= 4 is 17.2 Å². The predicted octanol–water partition coefficient (Wildman–Crippen LogP) is -1.47. The average molecular weight is 365 g/mol. The number of aliphatic hydroxyl groups excluding tert-OH is 1. The van der Waals surface area contributed by atoms with Gasteiger partial charge in [-0.2, -0.15) is 4.57 Å². The molecule has 20 heavy (non-hydrogen) atoms. The van der Waals surface area contributed by atoms with E-state index in [0.717, 1.165) is 10.6 Å². The summed E-state index contributed by atoms with van der Waals surface area (Å²) in [6, 6.07) is 0.424. The van der Waals surface area contributed by atoms with Gasteiger partial charge in [0, 0.05) is 32.0 Å². The highest BCUT2D eigenvalue weighted by Gasteiger charge is 2.25. The van der Waals surface area contributed by atoms with Crippen LogP contribution in [0.1, 0.15) is 38.3 Å². The van der Waals surface area contributed by atoms with Crippen molar-refractivity contribution in [2.75, 3.05) is 6.61 Å². The molecule has 0 radical (unpaired) electrons. The van der Waals surface area contributed by atoms with Gasteiger partial charge in [-0.1, -0.05) is 11.3 Å². The van der Waals surface area contributed by atoms with Crippen LogP contribution in [0, 0.1) is 6.92 Å². The molecule has 0 unspecified atom stereocenters. The van der Waals surface area contributed by atoms with Crippen LogP contribution in [0.2, 0.25) is 0 Å². The Kier molecular flexibility index (Phi) is 8.54. The molecule has 0 saturated heterocycles. The highest BCUT2D eigenvalue weighted by molar-refractivity contribution is 7.09. The molecule has 0 spiro atoms. The molecule has 0 saturated carbocycles. The molecule has 0 fully saturated rings. The summed E-state index contributed by atoms with van der Waals surface area (Å²) in [5, 5.41) is 8.99. The van der Waals surface area contributed by atoms with Gasteiger partial charge < -0.3 is 27.0 Å². The first kappa shape index (κ1) is 19.5. The third-order valence-electron chi connectivity index (χ3n) is 3.20. The molecule has 0 aliphatic heterocycles. The van der Waals surface area contributed by atoms with Crippen LogP contribution in [0.15, 0.2) is 5.51 Å². The standard InChI is InChI=1S/C14H25N2O2S.BrH/c1-10(2)16(11(3)4)14(18)8-15-9-19-13(6-7-17)12(15)5;/h9-11,17H,6-8H2,1-5H3;1H/q+1;/p-1. The lowest BCUT2D eigenvalue weighted by Crippen LogP contribution is -3.00. The number of halogens is 1. The van der Waals surface area contributed by atoms with Crippen molar-refractivity contribution < 1.29 is 31.4 Å². The van der Waals surface area contributed by atoms with E-state index in [1.54, 1.807) is 11.3 Å². The van der Waals surface area contributed by atoms with Crippen LogP contribution in [-0.2, 0) is 17.8 Å². The van der Waals surface area contributed by atoms with Gasteiger partial charge in [0.25, 0.3) is 5.91 Å². The minimum absolute atomic E-state index is 0. The summed E-state index contributed by atoms with van der Waals surface area (Å²) in [4.78, 5) is 15.4. The fourth-order valence-electron chi connectivity index (χ4n) is 2.35. The SMILES string of the molecule is Cc1c(CCO)sc[n+]1CC(=O)N(C(C)C)C(C)C.[Br-]. The molecule has 4 nitrogen and oxygen atoms in total. The average Bonchev–Trinajstić information content (AvgIpc) is 2.61. The number of carbonyl (C=O) groups is 1. The number of rotatable bonds is 6. The molecular weight excluding hydrogens is 340 g/mol. The summed E-state index contributed by atoms with van der Waals surface area (Å²) in [6.45, 7) is 10.7. The highest BCUT2D eigenvalue weighted by atomic mass is 79.9. The van der Waals surface area contributed by atoms with E-state index in [2.05, 4.69) is 0 Å². The van der Waals surface area contributed by atoms with Crippen molar-refractivity contribution in [2.24, 2.45) is 0 Å². The van der Waals surface area contributed by atoms with Crippen molar-refractivity contribution in [1.82, 2.24) is 4.90 Å². The van der Waals surface area contributed by atoms with E-state index < -0.39 is 0 Å². The largest absolute Gasteiger partial charge is 1.00 e. The zero-order valence-corrected chi connectivity index (χ0v) is 15.3. The normalized spacial score (nSPS) is 10.8. The summed E-state index contributed by atoms with van der Waals surface area (Å²) in [6.07, 6.45) is 0.662. The Bertz CT molecular complexity index is 425. The predicted molar refractivity (Wildman–Crippen MR) is 77.2 cm³/mol. The maximum atomic E-state index is 12.4. The van der Waals surface area contributed by atoms with Crippen LogP contribution in [0.25, 0.3) is 0 Å². The molecule has 0 aliphatic carbocycles. The van der Waals surface area contributed by atoms with Crippen molar-refractivity contribution in [3.8, 4) is 0 Å². The van der Waals surface area contributed by atoms with Crippen molar-refractivity contribution in [3.05, 3.63) is 16.1 Å². The quantitative estimate of drug-likeness (QED) is 0.626. The Hall–Kier alpha value is -0.460. The van der Waals surface area contributed by atoms with E-state index in [0.29, 0.717) is 13.0 Å². The van der Waals surface area contributed by atoms with Gasteiger partial charge >= 0.3 is 0 Å². The minimum Gasteiger partial charge on any atom is -1.00 e. The zero-order valence-electron chi connectivity index (χ0n) is 12.9. The molecular formula is C14H25BrN2O2S. The molecule has 0 atom stereocenters. The van der Waals surface area contributed by atoms with Gasteiger partial charge in [-0.15, -0.1) is 0 Å². The monoisotopic (exact) mass is 364 g/mol. The smallest absolute Gasteiger partial charge is 0.289 e. The number of carbonyl (C=O) groups excluding carboxylic acids is 1. The van der Waals surface area contributed by atoms with Crippen LogP contribution in [0.5, 0.6) is 0 Å². The second kappa shape index (κ2) is 8.74. The molecule has 6 heteroatoms. The van der Waals surface area contributed by atoms with Gasteiger partial charge in [0.1, 0.15) is 0 Å². The summed E-state index contributed by atoms with van der Waals surface area (Å²) in [7, 11) is 0. The van der Waals surface area contributed by atoms with Crippen molar-refractivity contribution in [1.29, 1.82) is 0 Å². The lowest BCUT2D eigenvalue weighted by molar-refractivity contribution is -0.686. The molecule has 116 valence electrons. The van der Waals surface area contributed by atoms with Gasteiger partial charge in [-0.3, -0.25) is 4.79 Å². The molecule has 0 aliphatic rings. The molecule has 1 rings (SSSR count). The number of hydrogen-bond acceptors (Lipinski definition) is 3. The van der Waals surface area contributed by atoms with E-state index in [-0.39, 0.29) is 41.6 Å². The van der Waals surface area contributed by atoms with Crippen LogP contribution < -0.4 is 21.5 Å². The van der Waals surface area contributed by atoms with Gasteiger partial charge in [-0.25, -0.2) is 0 Å². The second-order valence-corrected chi connectivity index (χ2v) is 6.26. The Morgan fingerprint density at radius 3 is 2.35 bits per heavy atom. The zero-order chi connectivity index (χ0) is 14.6. The van der Waals surface area contributed by atoms with Gasteiger partial charge in [-0.05, 0) is 27.7 Å². The number of hydrogen-bond donors (Lipinski definition) is 1. The number of aliphatic hydroxyl groups is 1. The van der Waals surface area contributed by atoms with E-state index >= 15 is 0 Å². The van der Waals surface area contributed by atoms with E-state index in [1.165, 1.54) is 0 Å². The van der Waals surface area contributed by atoms with Crippen molar-refractivity contribution in [2.45, 2.75) is 59.7 Å². The van der Waals surface area contributed by atoms with E-state index in [9.17, 15) is 4.79 Å². The number of thiazole rings is 1. The Morgan fingerprint density at radius 1 is 1.35 bits per heavy atom. The van der Waals surface area contributed by atoms with Crippen molar-refractivity contribution in [3.63, 3.8) is 0 Å². The minimum atomic E-state index is 0. The Labute approximate surface area is 136 Å². The third kappa shape index (κ3) is 4.82. The van der Waals surface area contributed by atoms with Crippen LogP contribution in [-0.4, -0.2) is 34.6 Å². The van der Waals surface area contributed by atoms with Gasteiger partial charge in [0.05, 0.1) is 4.88 Å². The summed E-state index contributed by atoms with van der Waals surface area (Å²) < 4.78 is 1.98. The summed E-state index contributed by atoms with van der Waals surface area (Å²) in [5.74, 6) is 0.145. The van der Waals surface area contributed by atoms with Gasteiger partial charge in [0.2, 0.25) is 12.1 Å². The fourth-order valence-corrected chi connectivity index (χ4v) is 3.33. The third-order valence-corrected chi connectivity index (χ3v) is 4.35. The lowest BCUT2D eigenvalue weighted by Gasteiger charge is -2.29. The molecule has 0 bridgehead atoms. The fraction of sp³-hybridized carbons (Fsp3) is 0.714. The Balaban J connectivity index is 0.00000361. The first-order chi connectivity index (χ1) is 8.88. The maximum Gasteiger partial charge on any atom is 0.289 e. The molecule has 1 aromatic heterocycles. The molecule has 1 amide bonds. The number of amides is 1. The van der Waals surface area contributed by atoms with Gasteiger partial charge in [0.15, 0.2) is 5.69 Å². The van der Waals surface area contributed by atoms with Crippen LogP contribution in [0.3, 0.4) is 0 Å². The molecule has 1 N–H and O–H groups in total. The number of aromatic nitrogens is 1. The maximum absolute atomic E-state index is 12.4. The first-order valence-corrected chi connectivity index (χ1v) is 7.64. The highest BCUT2D eigenvalue weighted by Crippen LogP contribution is 2.12. The Morgan fingerprint density at radius 2 is 1.90 bits per heavy atom. The lowest BCUT2D eigenvalue weighted by atomic mass is 10.2. The summed E-state index contributed by atoms with van der Waals surface area (Å²) in [5.41, 5.74) is 3.05. The van der Waals surface area contributed by atoms with E-state index in [4.69, 9.17) is 5.11 Å². The molecule has 1 heterocycles. The molecule has 0 aromatic carbocycles. The van der Waals surface area contributed by atoms with Crippen LogP contribution >= 0.6 is 11.3 Å². The number of nitrogens with zero attached hydrogens (tertiary/aromatic N) is 2.